The third-order valence-corrected chi connectivity index (χ3v) is 4.94. The molecule has 0 aromatic heterocycles. The quantitative estimate of drug-likeness (QED) is 0.632. The van der Waals surface area contributed by atoms with Crippen molar-refractivity contribution in [2.45, 2.75) is 49.7 Å². The number of anilines is 1. The van der Waals surface area contributed by atoms with E-state index in [1.165, 1.54) is 25.7 Å². The molecule has 1 saturated carbocycles. The molecule has 5 heteroatoms. The summed E-state index contributed by atoms with van der Waals surface area (Å²) in [6.45, 7) is 5.06. The molecule has 2 unspecified atom stereocenters. The SMILES string of the molecule is CCNc1cc(SC2CCCC(C)C2)cc([N+](=O)[O-])c1. The normalized spacial score (nSPS) is 22.5. The minimum atomic E-state index is -0.311. The second-order valence-corrected chi connectivity index (χ2v) is 6.89. The summed E-state index contributed by atoms with van der Waals surface area (Å²) in [5.74, 6) is 0.771. The van der Waals surface area contributed by atoms with E-state index in [-0.39, 0.29) is 10.6 Å². The number of nitrogens with zero attached hydrogens (tertiary/aromatic N) is 1. The molecule has 2 atom stereocenters. The van der Waals surface area contributed by atoms with Crippen molar-refractivity contribution in [2.24, 2.45) is 5.92 Å². The number of thioether (sulfide) groups is 1. The maximum Gasteiger partial charge on any atom is 0.272 e. The van der Waals surface area contributed by atoms with Crippen molar-refractivity contribution >= 4 is 23.1 Å². The number of nitrogens with one attached hydrogen (secondary N) is 1. The zero-order valence-electron chi connectivity index (χ0n) is 12.1. The summed E-state index contributed by atoms with van der Waals surface area (Å²) < 4.78 is 0. The maximum atomic E-state index is 11.0. The van der Waals surface area contributed by atoms with E-state index in [2.05, 4.69) is 12.2 Å². The van der Waals surface area contributed by atoms with Gasteiger partial charge in [-0.2, -0.15) is 0 Å². The van der Waals surface area contributed by atoms with Gasteiger partial charge in [-0.1, -0.05) is 19.8 Å². The Balaban J connectivity index is 2.14. The van der Waals surface area contributed by atoms with Gasteiger partial charge in [-0.15, -0.1) is 11.8 Å². The number of benzene rings is 1. The van der Waals surface area contributed by atoms with Crippen molar-refractivity contribution in [3.05, 3.63) is 28.3 Å². The van der Waals surface area contributed by atoms with E-state index < -0.39 is 0 Å². The minimum absolute atomic E-state index is 0.176. The average Bonchev–Trinajstić information content (AvgIpc) is 2.38. The van der Waals surface area contributed by atoms with Crippen LogP contribution in [-0.2, 0) is 0 Å². The molecule has 20 heavy (non-hydrogen) atoms. The molecule has 0 bridgehead atoms. The first-order valence-electron chi connectivity index (χ1n) is 7.28. The summed E-state index contributed by atoms with van der Waals surface area (Å²) in [7, 11) is 0. The lowest BCUT2D eigenvalue weighted by Gasteiger charge is -2.26. The first kappa shape index (κ1) is 15.2. The molecule has 1 fully saturated rings. The van der Waals surface area contributed by atoms with Gasteiger partial charge in [-0.05, 0) is 31.7 Å². The zero-order chi connectivity index (χ0) is 14.5. The monoisotopic (exact) mass is 294 g/mol. The molecule has 1 aromatic rings. The van der Waals surface area contributed by atoms with E-state index in [9.17, 15) is 10.1 Å². The van der Waals surface area contributed by atoms with Gasteiger partial charge in [0, 0.05) is 34.5 Å². The van der Waals surface area contributed by atoms with Crippen LogP contribution < -0.4 is 5.32 Å². The van der Waals surface area contributed by atoms with Gasteiger partial charge in [-0.3, -0.25) is 10.1 Å². The number of non-ortho nitro benzene ring substituents is 1. The fourth-order valence-electron chi connectivity index (χ4n) is 2.74. The van der Waals surface area contributed by atoms with E-state index in [0.29, 0.717) is 5.25 Å². The van der Waals surface area contributed by atoms with E-state index in [1.54, 1.807) is 23.9 Å². The van der Waals surface area contributed by atoms with Crippen LogP contribution in [-0.4, -0.2) is 16.7 Å². The summed E-state index contributed by atoms with van der Waals surface area (Å²) in [4.78, 5) is 11.7. The Bertz CT molecular complexity index is 479. The van der Waals surface area contributed by atoms with Gasteiger partial charge in [0.2, 0.25) is 0 Å². The van der Waals surface area contributed by atoms with Crippen LogP contribution in [0.5, 0.6) is 0 Å². The van der Waals surface area contributed by atoms with E-state index >= 15 is 0 Å². The molecule has 0 aliphatic heterocycles. The van der Waals surface area contributed by atoms with Gasteiger partial charge in [0.25, 0.3) is 5.69 Å². The Morgan fingerprint density at radius 3 is 2.85 bits per heavy atom. The second-order valence-electron chi connectivity index (χ2n) is 5.51. The summed E-state index contributed by atoms with van der Waals surface area (Å²) in [6, 6.07) is 5.34. The van der Waals surface area contributed by atoms with Crippen LogP contribution in [0.25, 0.3) is 0 Å². The van der Waals surface area contributed by atoms with Crippen molar-refractivity contribution in [1.82, 2.24) is 0 Å². The molecule has 1 aliphatic rings. The molecule has 0 amide bonds. The highest BCUT2D eigenvalue weighted by atomic mass is 32.2. The molecule has 2 rings (SSSR count). The smallest absolute Gasteiger partial charge is 0.272 e. The summed E-state index contributed by atoms with van der Waals surface area (Å²) in [6.07, 6.45) is 5.01. The van der Waals surface area contributed by atoms with Crippen LogP contribution >= 0.6 is 11.8 Å². The molecule has 0 radical (unpaired) electrons. The third-order valence-electron chi connectivity index (χ3n) is 3.67. The summed E-state index contributed by atoms with van der Waals surface area (Å²) in [5.41, 5.74) is 1.02. The molecule has 0 spiro atoms. The molecule has 0 heterocycles. The topological polar surface area (TPSA) is 55.2 Å². The fourth-order valence-corrected chi connectivity index (χ4v) is 4.22. The largest absolute Gasteiger partial charge is 0.385 e. The van der Waals surface area contributed by atoms with Crippen molar-refractivity contribution in [3.63, 3.8) is 0 Å². The van der Waals surface area contributed by atoms with Crippen LogP contribution in [0.3, 0.4) is 0 Å². The Labute approximate surface area is 124 Å². The fraction of sp³-hybridized carbons (Fsp3) is 0.600. The predicted octanol–water partition coefficient (Wildman–Crippen LogP) is 4.70. The Morgan fingerprint density at radius 2 is 2.20 bits per heavy atom. The van der Waals surface area contributed by atoms with Crippen LogP contribution in [0, 0.1) is 16.0 Å². The van der Waals surface area contributed by atoms with Gasteiger partial charge in [0.15, 0.2) is 0 Å². The van der Waals surface area contributed by atoms with Crippen molar-refractivity contribution in [3.8, 4) is 0 Å². The summed E-state index contributed by atoms with van der Waals surface area (Å²) >= 11 is 1.80. The van der Waals surface area contributed by atoms with Gasteiger partial charge < -0.3 is 5.32 Å². The predicted molar refractivity (Wildman–Crippen MR) is 84.5 cm³/mol. The van der Waals surface area contributed by atoms with Crippen LogP contribution in [0.1, 0.15) is 39.5 Å². The highest BCUT2D eigenvalue weighted by Gasteiger charge is 2.21. The lowest BCUT2D eigenvalue weighted by atomic mass is 9.91. The number of hydrogen-bond acceptors (Lipinski definition) is 4. The molecule has 1 aromatic carbocycles. The molecule has 1 N–H and O–H groups in total. The first-order valence-corrected chi connectivity index (χ1v) is 8.16. The Hall–Kier alpha value is -1.23. The number of nitro groups is 1. The number of nitro benzene ring substituents is 1. The Kier molecular flexibility index (Phi) is 5.29. The van der Waals surface area contributed by atoms with Crippen molar-refractivity contribution < 1.29 is 4.92 Å². The van der Waals surface area contributed by atoms with Crippen LogP contribution in [0.4, 0.5) is 11.4 Å². The molecule has 0 saturated heterocycles. The second kappa shape index (κ2) is 6.97. The average molecular weight is 294 g/mol. The van der Waals surface area contributed by atoms with E-state index in [1.807, 2.05) is 13.0 Å². The van der Waals surface area contributed by atoms with Crippen molar-refractivity contribution in [1.29, 1.82) is 0 Å². The molecule has 4 nitrogen and oxygen atoms in total. The minimum Gasteiger partial charge on any atom is -0.385 e. The summed E-state index contributed by atoms with van der Waals surface area (Å²) in [5, 5.41) is 14.8. The van der Waals surface area contributed by atoms with Gasteiger partial charge >= 0.3 is 0 Å². The van der Waals surface area contributed by atoms with Crippen molar-refractivity contribution in [2.75, 3.05) is 11.9 Å². The molecular formula is C15H22N2O2S. The van der Waals surface area contributed by atoms with Crippen LogP contribution in [0.15, 0.2) is 23.1 Å². The molecular weight excluding hydrogens is 272 g/mol. The molecule has 1 aliphatic carbocycles. The lowest BCUT2D eigenvalue weighted by Crippen LogP contribution is -2.14. The van der Waals surface area contributed by atoms with Gasteiger partial charge in [-0.25, -0.2) is 0 Å². The number of hydrogen-bond donors (Lipinski definition) is 1. The Morgan fingerprint density at radius 1 is 1.40 bits per heavy atom. The van der Waals surface area contributed by atoms with Crippen LogP contribution in [0.2, 0.25) is 0 Å². The van der Waals surface area contributed by atoms with Gasteiger partial charge in [0.1, 0.15) is 0 Å². The maximum absolute atomic E-state index is 11.0. The lowest BCUT2D eigenvalue weighted by molar-refractivity contribution is -0.385. The number of rotatable bonds is 5. The van der Waals surface area contributed by atoms with E-state index in [4.69, 9.17) is 0 Å². The zero-order valence-corrected chi connectivity index (χ0v) is 12.9. The standard InChI is InChI=1S/C15H22N2O2S/c1-3-16-12-8-13(17(18)19)10-15(9-12)20-14-6-4-5-11(2)7-14/h8-11,14,16H,3-7H2,1-2H3. The van der Waals surface area contributed by atoms with E-state index in [0.717, 1.165) is 23.0 Å². The molecule has 110 valence electrons. The first-order chi connectivity index (χ1) is 9.58. The highest BCUT2D eigenvalue weighted by Crippen LogP contribution is 2.38. The highest BCUT2D eigenvalue weighted by molar-refractivity contribution is 8.00. The van der Waals surface area contributed by atoms with Gasteiger partial charge in [0.05, 0.1) is 4.92 Å². The third kappa shape index (κ3) is 4.13.